The lowest BCUT2D eigenvalue weighted by Crippen LogP contribution is -2.45. The maximum Gasteiger partial charge on any atom is 0.310 e. The van der Waals surface area contributed by atoms with Crippen LogP contribution in [0.25, 0.3) is 0 Å². The second kappa shape index (κ2) is 8.02. The zero-order chi connectivity index (χ0) is 20.6. The first-order valence-electron chi connectivity index (χ1n) is 10.7. The number of carbonyl (C=O) groups excluding carboxylic acids is 1. The van der Waals surface area contributed by atoms with Crippen LogP contribution < -0.4 is 14.8 Å². The summed E-state index contributed by atoms with van der Waals surface area (Å²) < 4.78 is 16.5. The second-order valence-electron chi connectivity index (χ2n) is 9.22. The van der Waals surface area contributed by atoms with Crippen LogP contribution in [0.15, 0.2) is 30.4 Å². The van der Waals surface area contributed by atoms with E-state index in [1.54, 1.807) is 14.2 Å². The number of methoxy groups -OCH3 is 2. The first-order chi connectivity index (χ1) is 13.9. The summed E-state index contributed by atoms with van der Waals surface area (Å²) in [5, 5.41) is 3.47. The van der Waals surface area contributed by atoms with E-state index in [0.29, 0.717) is 24.9 Å². The number of fused-ring (bicyclic) bond motifs is 2. The van der Waals surface area contributed by atoms with Crippen molar-refractivity contribution in [1.82, 2.24) is 5.32 Å². The first kappa shape index (κ1) is 20.3. The predicted octanol–water partition coefficient (Wildman–Crippen LogP) is 4.11. The molecule has 5 nitrogen and oxygen atoms in total. The van der Waals surface area contributed by atoms with E-state index in [1.165, 1.54) is 18.4 Å². The molecule has 1 heterocycles. The fourth-order valence-corrected chi connectivity index (χ4v) is 5.85. The van der Waals surface area contributed by atoms with E-state index >= 15 is 0 Å². The lowest BCUT2D eigenvalue weighted by Gasteiger charge is -2.50. The standard InChI is InChI=1S/C24H33NO4/c1-15-6-5-9-24(2)12-22-17(11-19(15)24)18(23(26)29-22)14-25-13-16-7-8-20(27-3)21(10-16)28-4/h7-8,10,17-19,22,25H,1,5-6,9,11-14H2,2-4H3/t17-,18-,19+,22-,24-/m1/s1. The summed E-state index contributed by atoms with van der Waals surface area (Å²) in [4.78, 5) is 12.6. The molecule has 0 unspecified atom stereocenters. The van der Waals surface area contributed by atoms with Gasteiger partial charge in [0.25, 0.3) is 0 Å². The molecule has 2 saturated carbocycles. The minimum atomic E-state index is -0.0700. The Kier molecular flexibility index (Phi) is 5.60. The van der Waals surface area contributed by atoms with E-state index in [1.807, 2.05) is 18.2 Å². The van der Waals surface area contributed by atoms with Crippen molar-refractivity contribution in [3.8, 4) is 11.5 Å². The molecule has 3 aliphatic rings. The van der Waals surface area contributed by atoms with Gasteiger partial charge in [-0.3, -0.25) is 4.79 Å². The minimum absolute atomic E-state index is 0.0346. The van der Waals surface area contributed by atoms with Crippen molar-refractivity contribution in [3.05, 3.63) is 35.9 Å². The van der Waals surface area contributed by atoms with E-state index in [2.05, 4.69) is 18.8 Å². The monoisotopic (exact) mass is 399 g/mol. The van der Waals surface area contributed by atoms with Gasteiger partial charge in [-0.05, 0) is 61.1 Å². The molecule has 1 aromatic carbocycles. The number of hydrogen-bond donors (Lipinski definition) is 1. The summed E-state index contributed by atoms with van der Waals surface area (Å²) in [7, 11) is 3.27. The Hall–Kier alpha value is -2.01. The molecule has 5 atom stereocenters. The van der Waals surface area contributed by atoms with Gasteiger partial charge >= 0.3 is 5.97 Å². The number of carbonyl (C=O) groups is 1. The summed E-state index contributed by atoms with van der Waals surface area (Å²) in [6.45, 7) is 8.06. The van der Waals surface area contributed by atoms with Crippen molar-refractivity contribution in [1.29, 1.82) is 0 Å². The van der Waals surface area contributed by atoms with Crippen molar-refractivity contribution in [2.24, 2.45) is 23.2 Å². The summed E-state index contributed by atoms with van der Waals surface area (Å²) in [5.74, 6) is 2.16. The molecule has 0 amide bonds. The number of allylic oxidation sites excluding steroid dienone is 1. The summed E-state index contributed by atoms with van der Waals surface area (Å²) in [6, 6.07) is 5.90. The van der Waals surface area contributed by atoms with Crippen LogP contribution in [-0.4, -0.2) is 32.8 Å². The van der Waals surface area contributed by atoms with E-state index < -0.39 is 0 Å². The molecule has 4 rings (SSSR count). The van der Waals surface area contributed by atoms with Crippen LogP contribution in [-0.2, 0) is 16.1 Å². The summed E-state index contributed by atoms with van der Waals surface area (Å²) in [6.07, 6.45) is 5.66. The SMILES string of the molecule is C=C1CCC[C@]2(C)C[C@H]3OC(=O)[C@H](CNCc4ccc(OC)c(OC)c4)[C@H]3C[C@@H]12. The molecule has 0 bridgehead atoms. The average Bonchev–Trinajstić information content (AvgIpc) is 3.00. The third-order valence-electron chi connectivity index (χ3n) is 7.46. The highest BCUT2D eigenvalue weighted by atomic mass is 16.6. The van der Waals surface area contributed by atoms with Gasteiger partial charge in [0.05, 0.1) is 20.1 Å². The Morgan fingerprint density at radius 2 is 2.07 bits per heavy atom. The summed E-state index contributed by atoms with van der Waals surface area (Å²) >= 11 is 0. The third kappa shape index (κ3) is 3.77. The van der Waals surface area contributed by atoms with E-state index in [-0.39, 0.29) is 23.4 Å². The van der Waals surface area contributed by atoms with Crippen LogP contribution in [0, 0.1) is 23.2 Å². The van der Waals surface area contributed by atoms with E-state index in [4.69, 9.17) is 14.2 Å². The van der Waals surface area contributed by atoms with Crippen LogP contribution in [0.2, 0.25) is 0 Å². The number of nitrogens with one attached hydrogen (secondary N) is 1. The molecule has 1 aromatic rings. The van der Waals surface area contributed by atoms with Crippen molar-refractivity contribution >= 4 is 5.97 Å². The Labute approximate surface area is 173 Å². The second-order valence-corrected chi connectivity index (χ2v) is 9.22. The zero-order valence-corrected chi connectivity index (χ0v) is 17.8. The quantitative estimate of drug-likeness (QED) is 0.576. The highest BCUT2D eigenvalue weighted by Gasteiger charge is 2.54. The third-order valence-corrected chi connectivity index (χ3v) is 7.46. The molecule has 3 fully saturated rings. The molecule has 29 heavy (non-hydrogen) atoms. The molecular weight excluding hydrogens is 366 g/mol. The lowest BCUT2D eigenvalue weighted by molar-refractivity contribution is -0.146. The van der Waals surface area contributed by atoms with Gasteiger partial charge < -0.3 is 19.5 Å². The fraction of sp³-hybridized carbons (Fsp3) is 0.625. The number of ether oxygens (including phenoxy) is 3. The number of esters is 1. The highest BCUT2D eigenvalue weighted by Crippen LogP contribution is 2.56. The Morgan fingerprint density at radius 3 is 2.83 bits per heavy atom. The largest absolute Gasteiger partial charge is 0.493 e. The van der Waals surface area contributed by atoms with Gasteiger partial charge in [-0.15, -0.1) is 0 Å². The molecule has 158 valence electrons. The normalized spacial score (nSPS) is 33.6. The molecule has 0 spiro atoms. The van der Waals surface area contributed by atoms with Crippen LogP contribution in [0.1, 0.15) is 44.6 Å². The topological polar surface area (TPSA) is 56.8 Å². The van der Waals surface area contributed by atoms with Crippen molar-refractivity contribution in [2.45, 2.75) is 51.7 Å². The molecule has 0 radical (unpaired) electrons. The molecular formula is C24H33NO4. The van der Waals surface area contributed by atoms with Gasteiger partial charge in [0.1, 0.15) is 6.10 Å². The number of hydrogen-bond acceptors (Lipinski definition) is 5. The summed E-state index contributed by atoms with van der Waals surface area (Å²) in [5.41, 5.74) is 2.73. The first-order valence-corrected chi connectivity index (χ1v) is 10.7. The van der Waals surface area contributed by atoms with Gasteiger partial charge in [0.15, 0.2) is 11.5 Å². The molecule has 5 heteroatoms. The maximum atomic E-state index is 12.6. The van der Waals surface area contributed by atoms with E-state index in [0.717, 1.165) is 36.3 Å². The predicted molar refractivity (Wildman–Crippen MR) is 112 cm³/mol. The van der Waals surface area contributed by atoms with Crippen molar-refractivity contribution in [2.75, 3.05) is 20.8 Å². The van der Waals surface area contributed by atoms with Gasteiger partial charge in [0.2, 0.25) is 0 Å². The van der Waals surface area contributed by atoms with Crippen LogP contribution >= 0.6 is 0 Å². The minimum Gasteiger partial charge on any atom is -0.493 e. The van der Waals surface area contributed by atoms with Crippen molar-refractivity contribution < 1.29 is 19.0 Å². The maximum absolute atomic E-state index is 12.6. The molecule has 1 saturated heterocycles. The van der Waals surface area contributed by atoms with Gasteiger partial charge in [-0.2, -0.15) is 0 Å². The van der Waals surface area contributed by atoms with Crippen LogP contribution in [0.4, 0.5) is 0 Å². The van der Waals surface area contributed by atoms with E-state index in [9.17, 15) is 4.79 Å². The average molecular weight is 400 g/mol. The van der Waals surface area contributed by atoms with Gasteiger partial charge in [-0.25, -0.2) is 0 Å². The molecule has 1 aliphatic heterocycles. The zero-order valence-electron chi connectivity index (χ0n) is 17.8. The number of rotatable bonds is 6. The lowest BCUT2D eigenvalue weighted by atomic mass is 9.55. The number of benzene rings is 1. The van der Waals surface area contributed by atoms with Crippen molar-refractivity contribution in [3.63, 3.8) is 0 Å². The fourth-order valence-electron chi connectivity index (χ4n) is 5.85. The Balaban J connectivity index is 1.39. The van der Waals surface area contributed by atoms with Gasteiger partial charge in [-0.1, -0.05) is 25.1 Å². The Bertz CT molecular complexity index is 791. The van der Waals surface area contributed by atoms with Crippen LogP contribution in [0.3, 0.4) is 0 Å². The van der Waals surface area contributed by atoms with Gasteiger partial charge in [0, 0.05) is 19.0 Å². The molecule has 0 aromatic heterocycles. The van der Waals surface area contributed by atoms with Crippen LogP contribution in [0.5, 0.6) is 11.5 Å². The molecule has 1 N–H and O–H groups in total. The molecule has 2 aliphatic carbocycles. The highest BCUT2D eigenvalue weighted by molar-refractivity contribution is 5.75. The Morgan fingerprint density at radius 1 is 1.28 bits per heavy atom. The smallest absolute Gasteiger partial charge is 0.310 e.